The second kappa shape index (κ2) is 4.62. The number of rotatable bonds is 3. The molecule has 0 aromatic carbocycles. The average Bonchev–Trinajstić information content (AvgIpc) is 2.18. The first kappa shape index (κ1) is 13.3. The minimum absolute atomic E-state index is 0.0873. The van der Waals surface area contributed by atoms with Gasteiger partial charge in [-0.05, 0) is 41.7 Å². The molecule has 0 saturated carbocycles. The third-order valence-corrected chi connectivity index (χ3v) is 3.86. The molecule has 0 aromatic rings. The van der Waals surface area contributed by atoms with Crippen LogP contribution in [0.25, 0.3) is 0 Å². The summed E-state index contributed by atoms with van der Waals surface area (Å²) in [5.41, 5.74) is 1.25. The minimum atomic E-state index is 0.0873. The van der Waals surface area contributed by atoms with Crippen LogP contribution in [0.1, 0.15) is 47.0 Å². The monoisotopic (exact) mass is 224 g/mol. The summed E-state index contributed by atoms with van der Waals surface area (Å²) in [5, 5.41) is 18.6. The van der Waals surface area contributed by atoms with Crippen LogP contribution in [-0.2, 0) is 0 Å². The summed E-state index contributed by atoms with van der Waals surface area (Å²) in [4.78, 5) is 0. The molecule has 0 aromatic heterocycles. The number of aliphatic hydroxyl groups is 2. The highest BCUT2D eigenvalue weighted by atomic mass is 16.3. The normalized spacial score (nSPS) is 26.3. The van der Waals surface area contributed by atoms with Crippen molar-refractivity contribution in [2.45, 2.75) is 47.0 Å². The molecule has 0 spiro atoms. The fourth-order valence-electron chi connectivity index (χ4n) is 1.95. The van der Waals surface area contributed by atoms with Gasteiger partial charge in [0, 0.05) is 6.61 Å². The molecule has 16 heavy (non-hydrogen) atoms. The fraction of sp³-hybridized carbons (Fsp3) is 0.714. The Morgan fingerprint density at radius 2 is 2.00 bits per heavy atom. The summed E-state index contributed by atoms with van der Waals surface area (Å²) in [6, 6.07) is 0. The van der Waals surface area contributed by atoms with Gasteiger partial charge in [0.15, 0.2) is 0 Å². The first-order valence-corrected chi connectivity index (χ1v) is 6.02. The molecule has 2 heteroatoms. The van der Waals surface area contributed by atoms with Gasteiger partial charge in [0.05, 0.1) is 0 Å². The van der Waals surface area contributed by atoms with E-state index in [0.29, 0.717) is 12.2 Å². The van der Waals surface area contributed by atoms with Gasteiger partial charge >= 0.3 is 0 Å². The van der Waals surface area contributed by atoms with Gasteiger partial charge in [0.1, 0.15) is 5.76 Å². The van der Waals surface area contributed by atoms with Gasteiger partial charge in [-0.25, -0.2) is 0 Å². The van der Waals surface area contributed by atoms with Crippen LogP contribution < -0.4 is 0 Å². The van der Waals surface area contributed by atoms with E-state index in [1.54, 1.807) is 0 Å². The zero-order valence-corrected chi connectivity index (χ0v) is 10.9. The molecule has 0 fully saturated rings. The van der Waals surface area contributed by atoms with Crippen molar-refractivity contribution in [2.75, 3.05) is 6.61 Å². The molecule has 1 aliphatic carbocycles. The van der Waals surface area contributed by atoms with Crippen LogP contribution in [0.4, 0.5) is 0 Å². The van der Waals surface area contributed by atoms with E-state index in [2.05, 4.69) is 33.8 Å². The number of aliphatic hydroxyl groups excluding tert-OH is 2. The Labute approximate surface area is 98.7 Å². The van der Waals surface area contributed by atoms with Gasteiger partial charge in [-0.15, -0.1) is 0 Å². The van der Waals surface area contributed by atoms with Crippen molar-refractivity contribution >= 4 is 0 Å². The molecule has 0 saturated heterocycles. The second-order valence-electron chi connectivity index (χ2n) is 5.96. The summed E-state index contributed by atoms with van der Waals surface area (Å²) >= 11 is 0. The summed E-state index contributed by atoms with van der Waals surface area (Å²) in [6.45, 7) is 9.09. The number of hydrogen-bond acceptors (Lipinski definition) is 2. The molecule has 0 bridgehead atoms. The predicted molar refractivity (Wildman–Crippen MR) is 67.3 cm³/mol. The van der Waals surface area contributed by atoms with E-state index in [1.807, 2.05) is 6.08 Å². The molecule has 1 unspecified atom stereocenters. The summed E-state index contributed by atoms with van der Waals surface area (Å²) in [7, 11) is 0. The Morgan fingerprint density at radius 3 is 2.50 bits per heavy atom. The highest BCUT2D eigenvalue weighted by molar-refractivity contribution is 5.32. The van der Waals surface area contributed by atoms with Crippen molar-refractivity contribution in [2.24, 2.45) is 10.8 Å². The highest BCUT2D eigenvalue weighted by Gasteiger charge is 2.37. The molecule has 0 radical (unpaired) electrons. The third kappa shape index (κ3) is 2.67. The topological polar surface area (TPSA) is 40.5 Å². The van der Waals surface area contributed by atoms with E-state index in [-0.39, 0.29) is 17.4 Å². The average molecular weight is 224 g/mol. The zero-order valence-electron chi connectivity index (χ0n) is 10.9. The van der Waals surface area contributed by atoms with E-state index in [4.69, 9.17) is 5.11 Å². The minimum Gasteiger partial charge on any atom is -0.508 e. The Morgan fingerprint density at radius 1 is 1.38 bits per heavy atom. The summed E-state index contributed by atoms with van der Waals surface area (Å²) in [6.07, 6.45) is 6.45. The molecule has 2 nitrogen and oxygen atoms in total. The van der Waals surface area contributed by atoms with E-state index < -0.39 is 0 Å². The molecule has 0 amide bonds. The maximum Gasteiger partial charge on any atom is 0.114 e. The third-order valence-electron chi connectivity index (χ3n) is 3.86. The quantitative estimate of drug-likeness (QED) is 0.769. The summed E-state index contributed by atoms with van der Waals surface area (Å²) in [5.74, 6) is 0.398. The van der Waals surface area contributed by atoms with Gasteiger partial charge in [-0.2, -0.15) is 0 Å². The predicted octanol–water partition coefficient (Wildman–Crippen LogP) is 3.58. The number of allylic oxidation sites excluding steroid dienone is 3. The van der Waals surface area contributed by atoms with Crippen LogP contribution in [0.3, 0.4) is 0 Å². The van der Waals surface area contributed by atoms with E-state index in [1.165, 1.54) is 0 Å². The van der Waals surface area contributed by atoms with Crippen LogP contribution in [0.2, 0.25) is 0 Å². The number of hydrogen-bond donors (Lipinski definition) is 2. The molecule has 2 N–H and O–H groups in total. The van der Waals surface area contributed by atoms with Crippen LogP contribution in [-0.4, -0.2) is 16.8 Å². The van der Waals surface area contributed by atoms with Crippen molar-refractivity contribution in [3.8, 4) is 0 Å². The van der Waals surface area contributed by atoms with Crippen LogP contribution >= 0.6 is 0 Å². The largest absolute Gasteiger partial charge is 0.508 e. The lowest BCUT2D eigenvalue weighted by atomic mass is 9.63. The summed E-state index contributed by atoms with van der Waals surface area (Å²) < 4.78 is 0. The van der Waals surface area contributed by atoms with Gasteiger partial charge < -0.3 is 10.2 Å². The first-order chi connectivity index (χ1) is 7.30. The standard InChI is InChI=1S/C14H24O2/c1-13(2,3)14(4)8-7-12(16)11(10-14)6-5-9-15/h7,10,15-16H,5-6,8-9H2,1-4H3. The molecular formula is C14H24O2. The van der Waals surface area contributed by atoms with Crippen LogP contribution in [0.5, 0.6) is 0 Å². The fourth-order valence-corrected chi connectivity index (χ4v) is 1.95. The van der Waals surface area contributed by atoms with Gasteiger partial charge in [-0.3, -0.25) is 0 Å². The highest BCUT2D eigenvalue weighted by Crippen LogP contribution is 2.46. The van der Waals surface area contributed by atoms with Crippen molar-refractivity contribution in [3.63, 3.8) is 0 Å². The second-order valence-corrected chi connectivity index (χ2v) is 5.96. The lowest BCUT2D eigenvalue weighted by molar-refractivity contribution is 0.164. The molecule has 92 valence electrons. The Kier molecular flexibility index (Phi) is 3.84. The van der Waals surface area contributed by atoms with Gasteiger partial charge in [0.25, 0.3) is 0 Å². The molecule has 1 rings (SSSR count). The lowest BCUT2D eigenvalue weighted by Crippen LogP contribution is -2.32. The maximum atomic E-state index is 9.80. The first-order valence-electron chi connectivity index (χ1n) is 6.02. The van der Waals surface area contributed by atoms with Crippen LogP contribution in [0, 0.1) is 10.8 Å². The zero-order chi connectivity index (χ0) is 12.4. The van der Waals surface area contributed by atoms with Crippen molar-refractivity contribution < 1.29 is 10.2 Å². The van der Waals surface area contributed by atoms with E-state index >= 15 is 0 Å². The van der Waals surface area contributed by atoms with Crippen LogP contribution in [0.15, 0.2) is 23.5 Å². The molecule has 0 aliphatic heterocycles. The molecular weight excluding hydrogens is 200 g/mol. The Hall–Kier alpha value is -0.760. The van der Waals surface area contributed by atoms with E-state index in [0.717, 1.165) is 18.4 Å². The van der Waals surface area contributed by atoms with Gasteiger partial charge in [-0.1, -0.05) is 33.8 Å². The molecule has 1 aliphatic rings. The van der Waals surface area contributed by atoms with Crippen molar-refractivity contribution in [1.82, 2.24) is 0 Å². The Bertz CT molecular complexity index is 307. The van der Waals surface area contributed by atoms with Gasteiger partial charge in [0.2, 0.25) is 0 Å². The maximum absolute atomic E-state index is 9.80. The van der Waals surface area contributed by atoms with Crippen molar-refractivity contribution in [1.29, 1.82) is 0 Å². The lowest BCUT2D eigenvalue weighted by Gasteiger charge is -2.41. The van der Waals surface area contributed by atoms with Crippen molar-refractivity contribution in [3.05, 3.63) is 23.5 Å². The SMILES string of the molecule is CC(C)(C)C1(C)C=C(CCCO)C(O)=CC1. The molecule has 0 heterocycles. The smallest absolute Gasteiger partial charge is 0.114 e. The Balaban J connectivity index is 2.91. The van der Waals surface area contributed by atoms with E-state index in [9.17, 15) is 5.11 Å². The molecule has 1 atom stereocenters.